The molecule has 3 rings (SSSR count). The molecule has 0 saturated heterocycles. The van der Waals surface area contributed by atoms with Gasteiger partial charge in [0.1, 0.15) is 5.75 Å². The lowest BCUT2D eigenvalue weighted by Crippen LogP contribution is -2.19. The van der Waals surface area contributed by atoms with Crippen molar-refractivity contribution >= 4 is 23.1 Å². The summed E-state index contributed by atoms with van der Waals surface area (Å²) < 4.78 is 0. The van der Waals surface area contributed by atoms with E-state index < -0.39 is 0 Å². The fourth-order valence-electron chi connectivity index (χ4n) is 2.57. The highest BCUT2D eigenvalue weighted by atomic mass is 16.3. The molecule has 0 aliphatic heterocycles. The zero-order chi connectivity index (χ0) is 20.6. The van der Waals surface area contributed by atoms with Crippen LogP contribution < -0.4 is 5.32 Å². The van der Waals surface area contributed by atoms with Crippen LogP contribution in [0.4, 0.5) is 11.4 Å². The maximum atomic E-state index is 12.6. The number of benzene rings is 3. The molecule has 0 spiro atoms. The Morgan fingerprint density at radius 1 is 0.931 bits per heavy atom. The van der Waals surface area contributed by atoms with Gasteiger partial charge in [0.05, 0.1) is 16.9 Å². The maximum absolute atomic E-state index is 12.6. The molecular formula is C23H19N3O3. The second-order valence-electron chi connectivity index (χ2n) is 6.18. The summed E-state index contributed by atoms with van der Waals surface area (Å²) in [6, 6.07) is 20.5. The van der Waals surface area contributed by atoms with E-state index in [4.69, 9.17) is 0 Å². The summed E-state index contributed by atoms with van der Waals surface area (Å²) in [5.41, 5.74) is 2.63. The number of azo groups is 1. The Labute approximate surface area is 168 Å². The standard InChI is InChI=1S/C23H19N3O3/c1-2-22(28)24-15-16-8-10-18(11-9-16)25-26-19-12-13-21(27)20(14-19)23(29)17-6-4-3-5-7-17/h2-14,27H,1,15H2,(H,24,28). The number of phenols is 1. The van der Waals surface area contributed by atoms with Gasteiger partial charge in [-0.2, -0.15) is 10.2 Å². The molecule has 29 heavy (non-hydrogen) atoms. The van der Waals surface area contributed by atoms with Crippen LogP contribution in [0.15, 0.2) is 95.7 Å². The van der Waals surface area contributed by atoms with Crippen LogP contribution >= 0.6 is 0 Å². The molecule has 0 saturated carbocycles. The lowest BCUT2D eigenvalue weighted by Gasteiger charge is -2.05. The van der Waals surface area contributed by atoms with Crippen LogP contribution in [-0.4, -0.2) is 16.8 Å². The SMILES string of the molecule is C=CC(=O)NCc1ccc(N=Nc2ccc(O)c(C(=O)c3ccccc3)c2)cc1. The van der Waals surface area contributed by atoms with Gasteiger partial charge >= 0.3 is 0 Å². The van der Waals surface area contributed by atoms with E-state index in [-0.39, 0.29) is 23.0 Å². The van der Waals surface area contributed by atoms with Crippen molar-refractivity contribution in [3.8, 4) is 5.75 Å². The van der Waals surface area contributed by atoms with Gasteiger partial charge in [0.25, 0.3) is 0 Å². The molecular weight excluding hydrogens is 366 g/mol. The van der Waals surface area contributed by atoms with Gasteiger partial charge in [0.2, 0.25) is 5.91 Å². The van der Waals surface area contributed by atoms with Crippen molar-refractivity contribution in [3.63, 3.8) is 0 Å². The maximum Gasteiger partial charge on any atom is 0.243 e. The summed E-state index contributed by atoms with van der Waals surface area (Å²) in [6.07, 6.45) is 1.22. The van der Waals surface area contributed by atoms with Crippen LogP contribution in [0.3, 0.4) is 0 Å². The second kappa shape index (κ2) is 9.23. The number of hydrogen-bond acceptors (Lipinski definition) is 5. The molecule has 0 heterocycles. The molecule has 0 aliphatic rings. The van der Waals surface area contributed by atoms with E-state index in [1.54, 1.807) is 42.5 Å². The Bertz CT molecular complexity index is 1060. The minimum atomic E-state index is -0.286. The van der Waals surface area contributed by atoms with Crippen LogP contribution in [0.1, 0.15) is 21.5 Å². The van der Waals surface area contributed by atoms with Gasteiger partial charge in [0, 0.05) is 12.1 Å². The number of nitrogens with one attached hydrogen (secondary N) is 1. The molecule has 0 radical (unpaired) electrons. The molecule has 1 amide bonds. The normalized spacial score (nSPS) is 10.6. The first-order valence-corrected chi connectivity index (χ1v) is 8.90. The van der Waals surface area contributed by atoms with Gasteiger partial charge in [-0.15, -0.1) is 0 Å². The minimum absolute atomic E-state index is 0.108. The first-order chi connectivity index (χ1) is 14.1. The molecule has 6 heteroatoms. The molecule has 0 aromatic heterocycles. The summed E-state index contributed by atoms with van der Waals surface area (Å²) in [4.78, 5) is 23.8. The number of carbonyl (C=O) groups is 2. The van der Waals surface area contributed by atoms with Crippen molar-refractivity contribution in [2.45, 2.75) is 6.54 Å². The Balaban J connectivity index is 1.73. The number of amides is 1. The molecule has 2 N–H and O–H groups in total. The number of nitrogens with zero attached hydrogens (tertiary/aromatic N) is 2. The molecule has 3 aromatic rings. The van der Waals surface area contributed by atoms with Gasteiger partial charge < -0.3 is 10.4 Å². The average Bonchev–Trinajstić information content (AvgIpc) is 2.77. The summed E-state index contributed by atoms with van der Waals surface area (Å²) in [6.45, 7) is 3.80. The second-order valence-corrected chi connectivity index (χ2v) is 6.18. The Hall–Kier alpha value is -4.06. The van der Waals surface area contributed by atoms with Crippen molar-refractivity contribution in [2.75, 3.05) is 0 Å². The lowest BCUT2D eigenvalue weighted by atomic mass is 10.0. The highest BCUT2D eigenvalue weighted by Gasteiger charge is 2.14. The summed E-state index contributed by atoms with van der Waals surface area (Å²) in [7, 11) is 0. The molecule has 3 aromatic carbocycles. The number of rotatable bonds is 7. The zero-order valence-corrected chi connectivity index (χ0v) is 15.6. The average molecular weight is 385 g/mol. The van der Waals surface area contributed by atoms with Crippen molar-refractivity contribution in [3.05, 3.63) is 102 Å². The quantitative estimate of drug-likeness (QED) is 0.346. The molecule has 0 fully saturated rings. The minimum Gasteiger partial charge on any atom is -0.507 e. The Morgan fingerprint density at radius 3 is 2.28 bits per heavy atom. The van der Waals surface area contributed by atoms with Crippen LogP contribution in [0, 0.1) is 0 Å². The summed E-state index contributed by atoms with van der Waals surface area (Å²) in [5.74, 6) is -0.628. The van der Waals surface area contributed by atoms with Crippen LogP contribution in [0.5, 0.6) is 5.75 Å². The predicted molar refractivity (Wildman–Crippen MR) is 111 cm³/mol. The number of hydrogen-bond donors (Lipinski definition) is 2. The van der Waals surface area contributed by atoms with Crippen molar-refractivity contribution in [2.24, 2.45) is 10.2 Å². The van der Waals surface area contributed by atoms with Crippen molar-refractivity contribution in [1.29, 1.82) is 0 Å². The topological polar surface area (TPSA) is 91.1 Å². The number of carbonyl (C=O) groups excluding carboxylic acids is 2. The highest BCUT2D eigenvalue weighted by Crippen LogP contribution is 2.27. The number of ketones is 1. The van der Waals surface area contributed by atoms with E-state index >= 15 is 0 Å². The van der Waals surface area contributed by atoms with Gasteiger partial charge in [-0.25, -0.2) is 0 Å². The molecule has 0 atom stereocenters. The Morgan fingerprint density at radius 2 is 1.59 bits per heavy atom. The molecule has 0 bridgehead atoms. The monoisotopic (exact) mass is 385 g/mol. The smallest absolute Gasteiger partial charge is 0.243 e. The van der Waals surface area contributed by atoms with Crippen molar-refractivity contribution < 1.29 is 14.7 Å². The number of aromatic hydroxyl groups is 1. The highest BCUT2D eigenvalue weighted by molar-refractivity contribution is 6.11. The van der Waals surface area contributed by atoms with Gasteiger partial charge in [0.15, 0.2) is 5.78 Å². The van der Waals surface area contributed by atoms with Gasteiger partial charge in [-0.3, -0.25) is 9.59 Å². The van der Waals surface area contributed by atoms with Gasteiger partial charge in [-0.05, 0) is 42.0 Å². The van der Waals surface area contributed by atoms with Gasteiger partial charge in [-0.1, -0.05) is 49.0 Å². The fraction of sp³-hybridized carbons (Fsp3) is 0.0435. The van der Waals surface area contributed by atoms with Crippen LogP contribution in [-0.2, 0) is 11.3 Å². The lowest BCUT2D eigenvalue weighted by molar-refractivity contribution is -0.116. The van der Waals surface area contributed by atoms with E-state index in [0.29, 0.717) is 23.5 Å². The van der Waals surface area contributed by atoms with Crippen LogP contribution in [0.2, 0.25) is 0 Å². The zero-order valence-electron chi connectivity index (χ0n) is 15.6. The van der Waals surface area contributed by atoms with Crippen molar-refractivity contribution in [1.82, 2.24) is 5.32 Å². The van der Waals surface area contributed by atoms with Crippen LogP contribution in [0.25, 0.3) is 0 Å². The van der Waals surface area contributed by atoms with E-state index in [9.17, 15) is 14.7 Å². The Kier molecular flexibility index (Phi) is 6.27. The first kappa shape index (κ1) is 19.7. The molecule has 6 nitrogen and oxygen atoms in total. The summed E-state index contributed by atoms with van der Waals surface area (Å²) in [5, 5.41) is 21.1. The molecule has 0 aliphatic carbocycles. The first-order valence-electron chi connectivity index (χ1n) is 8.90. The largest absolute Gasteiger partial charge is 0.507 e. The summed E-state index contributed by atoms with van der Waals surface area (Å²) >= 11 is 0. The fourth-order valence-corrected chi connectivity index (χ4v) is 2.57. The predicted octanol–water partition coefficient (Wildman–Crippen LogP) is 4.84. The third kappa shape index (κ3) is 5.23. The third-order valence-corrected chi connectivity index (χ3v) is 4.13. The van der Waals surface area contributed by atoms with E-state index in [1.807, 2.05) is 18.2 Å². The molecule has 0 unspecified atom stereocenters. The number of phenolic OH excluding ortho intramolecular Hbond substituents is 1. The van der Waals surface area contributed by atoms with E-state index in [2.05, 4.69) is 22.1 Å². The molecule has 144 valence electrons. The van der Waals surface area contributed by atoms with E-state index in [0.717, 1.165) is 5.56 Å². The van der Waals surface area contributed by atoms with E-state index in [1.165, 1.54) is 18.2 Å². The third-order valence-electron chi connectivity index (χ3n) is 4.13.